The average molecular weight is 1990 g/mol. The van der Waals surface area contributed by atoms with Crippen molar-refractivity contribution in [2.24, 2.45) is 23.7 Å². The van der Waals surface area contributed by atoms with Crippen LogP contribution >= 0.6 is 0 Å². The number of aliphatic hydroxyl groups is 3. The van der Waals surface area contributed by atoms with E-state index in [-0.39, 0.29) is 42.3 Å². The first kappa shape index (κ1) is 103. The number of fused-ring (bicyclic) bond motifs is 4. The lowest BCUT2D eigenvalue weighted by atomic mass is 9.95. The normalized spacial score (nSPS) is 17.8. The summed E-state index contributed by atoms with van der Waals surface area (Å²) < 4.78 is 29.5. The summed E-state index contributed by atoms with van der Waals surface area (Å²) in [6.45, 7) is 27.6. The van der Waals surface area contributed by atoms with Gasteiger partial charge in [-0.1, -0.05) is 81.6 Å². The third kappa shape index (κ3) is 27.0. The fraction of sp³-hybridized carbons (Fsp3) is 0.532. The van der Waals surface area contributed by atoms with Gasteiger partial charge in [-0.15, -0.1) is 0 Å². The number of nitrogens with one attached hydrogen (secondary N) is 12. The van der Waals surface area contributed by atoms with E-state index in [0.717, 1.165) is 313 Å². The zero-order chi connectivity index (χ0) is 101. The van der Waals surface area contributed by atoms with Crippen molar-refractivity contribution in [1.29, 1.82) is 0 Å². The van der Waals surface area contributed by atoms with Gasteiger partial charge in [-0.25, -0.2) is 19.9 Å². The van der Waals surface area contributed by atoms with Gasteiger partial charge in [-0.05, 0) is 269 Å². The van der Waals surface area contributed by atoms with Gasteiger partial charge in [-0.3, -0.25) is 19.2 Å². The number of ether oxygens (including phenoxy) is 4. The quantitative estimate of drug-likeness (QED) is 0.0172. The lowest BCUT2D eigenvalue weighted by Gasteiger charge is -2.25. The summed E-state index contributed by atoms with van der Waals surface area (Å²) in [5.74, 6) is 8.64. The summed E-state index contributed by atoms with van der Waals surface area (Å²) in [6, 6.07) is 33.2. The fourth-order valence-electron chi connectivity index (χ4n) is 19.6. The Kier molecular flexibility index (Phi) is 33.9. The Labute approximate surface area is 854 Å². The monoisotopic (exact) mass is 1990 g/mol. The smallest absolute Gasteiger partial charge is 0.251 e. The van der Waals surface area contributed by atoms with Crippen molar-refractivity contribution >= 4 is 92.8 Å². The number of aliphatic hydroxyl groups excluding tert-OH is 2. The highest BCUT2D eigenvalue weighted by Crippen LogP contribution is 2.38. The Morgan fingerprint density at radius 3 is 0.952 bits per heavy atom. The zero-order valence-corrected chi connectivity index (χ0v) is 86.1. The molecule has 5 aliphatic carbocycles. The molecule has 0 unspecified atom stereocenters. The molecule has 15 N–H and O–H groups in total. The number of aromatic nitrogens is 12. The number of hydrogen-bond acceptors (Lipinski definition) is 27. The fourth-order valence-corrected chi connectivity index (χ4v) is 19.6. The van der Waals surface area contributed by atoms with E-state index in [9.17, 15) is 34.5 Å². The molecule has 9 aliphatic rings. The molecule has 0 spiro atoms. The maximum absolute atomic E-state index is 12.6. The van der Waals surface area contributed by atoms with Gasteiger partial charge in [0.15, 0.2) is 22.6 Å². The van der Waals surface area contributed by atoms with Crippen molar-refractivity contribution in [3.63, 3.8) is 0 Å². The molecule has 12 heterocycles. The third-order valence-corrected chi connectivity index (χ3v) is 29.4. The van der Waals surface area contributed by atoms with Crippen LogP contribution in [0.15, 0.2) is 122 Å². The minimum Gasteiger partial charge on any atom is -0.394 e. The maximum atomic E-state index is 12.6. The summed E-state index contributed by atoms with van der Waals surface area (Å²) in [7, 11) is 0. The van der Waals surface area contributed by atoms with Crippen LogP contribution < -0.4 is 63.8 Å². The van der Waals surface area contributed by atoms with Crippen molar-refractivity contribution in [3.05, 3.63) is 166 Å². The Morgan fingerprint density at radius 1 is 0.377 bits per heavy atom. The highest BCUT2D eigenvalue weighted by molar-refractivity contribution is 6.00. The van der Waals surface area contributed by atoms with Crippen LogP contribution in [-0.2, 0) is 18.9 Å². The average Bonchev–Trinajstić information content (AvgIpc) is 1.62. The molecule has 3 atom stereocenters. The SMILES string of the molecule is CC[C@@H](CO)Nc1cc(NCC2CCOCC2)n2ncc(-c3ccc(C(=O)NC4CC4)c(C)c3)c2n1.CC[C@H](Nc1cc(NCC2CCOCC2)n2ncc(-c3ccc(C(=O)NC4CC4)c(C)c3)c2n1)[C@H](C)O.Cc1cc(-c2cnn3c(NCC4CCOCC4)cc(NC4CCCCC4)nc23)ccc1C(=O)NC1CC1.Cc1cc(-c2cnn3c(NCC4CCOCC4)cc(NCC(C)(C)O)nc23)ccc1C(=O)NC1CC1. The molecule has 21 rings (SSSR count). The van der Waals surface area contributed by atoms with Crippen molar-refractivity contribution < 1.29 is 53.4 Å². The van der Waals surface area contributed by atoms with E-state index in [0.29, 0.717) is 100 Å². The summed E-state index contributed by atoms with van der Waals surface area (Å²) >= 11 is 0. The van der Waals surface area contributed by atoms with Crippen molar-refractivity contribution in [2.75, 3.05) is 135 Å². The molecule has 4 aromatic carbocycles. The molecule has 35 nitrogen and oxygen atoms in total. The summed E-state index contributed by atoms with van der Waals surface area (Å²) in [6.07, 6.45) is 31.6. The highest BCUT2D eigenvalue weighted by atomic mass is 16.5. The van der Waals surface area contributed by atoms with Gasteiger partial charge in [0.1, 0.15) is 46.5 Å². The first-order valence-corrected chi connectivity index (χ1v) is 53.4. The van der Waals surface area contributed by atoms with Crippen LogP contribution in [0.1, 0.15) is 246 Å². The van der Waals surface area contributed by atoms with E-state index in [1.54, 1.807) is 20.8 Å². The van der Waals surface area contributed by atoms with E-state index in [1.165, 1.54) is 32.1 Å². The molecule has 8 aromatic heterocycles. The molecule has 778 valence electrons. The second-order valence-corrected chi connectivity index (χ2v) is 42.1. The van der Waals surface area contributed by atoms with Gasteiger partial charge in [0.25, 0.3) is 23.6 Å². The van der Waals surface area contributed by atoms with Crippen LogP contribution in [0, 0.1) is 51.4 Å². The van der Waals surface area contributed by atoms with Gasteiger partial charge < -0.3 is 98.1 Å². The standard InChI is InChI=1S/C29H38N6O2.C28H38N6O3.2C27H36N6O3/c1-19-15-21(7-10-24(19)29(36)33-23-8-9-23)25-18-31-35-27(30-17-20-11-13-37-14-12-20)16-26(34-28(25)35)32-22-5-3-2-4-6-22;1-4-24(18(3)35)32-25-14-26(29-15-19-9-11-37-12-10-19)34-27(33-25)23(16-30-34)20-5-8-22(17(2)13-20)28(36)31-21-6-7-21;1-17-12-19(4-7-21(17)26(34)31-20-5-6-20)22-15-30-33-24(28-14-18-8-10-36-11-9-18)13-23(32-25(22)33)29-16-27(2,3)35;1-3-20(16-34)30-24-13-25(28-14-18-8-10-36-11-9-18)33-26(32-24)23(15-29-33)19-4-7-22(17(2)12-19)27(35)31-21-5-6-21/h7,10,15-16,18,20,22-23,30H,2-6,8-9,11-14,17H2,1H3,(H,32,34)(H,33,36);5,8,13-14,16,18-19,21,24,29,35H,4,6-7,9-12,15H2,1-3H3,(H,31,36)(H,32,33);4,7,12-13,15,18,20,28,35H,5-6,8-11,14,16H2,1-3H3,(H,29,32)(H,31,34);4,7,12-13,15,18,20-21,28,34H,3,5-6,8-11,14,16H2,1-2H3,(H,30,32)(H,31,35)/t;18-,24-;;20-/m.0.0/s1. The number of nitrogens with zero attached hydrogens (tertiary/aromatic N) is 12. The summed E-state index contributed by atoms with van der Waals surface area (Å²) in [4.78, 5) is 70.1. The van der Waals surface area contributed by atoms with Crippen LogP contribution in [-0.4, -0.2) is 244 Å². The molecule has 9 fully saturated rings. The highest BCUT2D eigenvalue weighted by Gasteiger charge is 2.33. The summed E-state index contributed by atoms with van der Waals surface area (Å²) in [5, 5.41) is 89.4. The number of benzene rings is 4. The number of carbonyl (C=O) groups excluding carboxylic acids is 4. The molecule has 4 amide bonds. The summed E-state index contributed by atoms with van der Waals surface area (Å²) in [5.41, 5.74) is 16.2. The predicted molar refractivity (Wildman–Crippen MR) is 572 cm³/mol. The number of carbonyl (C=O) groups is 4. The van der Waals surface area contributed by atoms with E-state index < -0.39 is 11.7 Å². The minimum absolute atomic E-state index is 0.0137. The van der Waals surface area contributed by atoms with E-state index in [4.69, 9.17) is 44.0 Å². The number of aryl methyl sites for hydroxylation is 4. The Bertz CT molecular complexity index is 6500. The van der Waals surface area contributed by atoms with Crippen LogP contribution in [0.5, 0.6) is 0 Å². The van der Waals surface area contributed by atoms with Crippen LogP contribution in [0.2, 0.25) is 0 Å². The van der Waals surface area contributed by atoms with E-state index in [1.807, 2.05) is 169 Å². The van der Waals surface area contributed by atoms with E-state index >= 15 is 0 Å². The Balaban J connectivity index is 0.000000128. The largest absolute Gasteiger partial charge is 0.394 e. The van der Waals surface area contributed by atoms with Gasteiger partial charge in [0.05, 0.1) is 55.2 Å². The molecule has 4 aliphatic heterocycles. The topological polar surface area (TPSA) is 431 Å². The molecule has 0 radical (unpaired) electrons. The van der Waals surface area contributed by atoms with Crippen LogP contribution in [0.4, 0.5) is 46.5 Å². The van der Waals surface area contributed by atoms with Gasteiger partial charge >= 0.3 is 0 Å². The molecule has 12 aromatic rings. The third-order valence-electron chi connectivity index (χ3n) is 29.4. The minimum atomic E-state index is -0.874. The number of rotatable bonds is 37. The Morgan fingerprint density at radius 2 is 0.671 bits per heavy atom. The molecule has 146 heavy (non-hydrogen) atoms. The predicted octanol–water partition coefficient (Wildman–Crippen LogP) is 16.4. The molecular weight excluding hydrogens is 1850 g/mol. The van der Waals surface area contributed by atoms with Gasteiger partial charge in [0.2, 0.25) is 0 Å². The molecule has 4 saturated heterocycles. The number of amides is 4. The molecule has 35 heteroatoms. The second kappa shape index (κ2) is 47.9. The Hall–Kier alpha value is -12.6. The van der Waals surface area contributed by atoms with Crippen LogP contribution in [0.25, 0.3) is 67.1 Å². The molecular formula is C111H148N24O11. The maximum Gasteiger partial charge on any atom is 0.251 e. The zero-order valence-electron chi connectivity index (χ0n) is 86.1. The van der Waals surface area contributed by atoms with Crippen molar-refractivity contribution in [1.82, 2.24) is 79.7 Å². The van der Waals surface area contributed by atoms with Gasteiger partial charge in [0, 0.05) is 185 Å². The van der Waals surface area contributed by atoms with E-state index in [2.05, 4.69) is 91.2 Å². The molecule has 0 bridgehead atoms. The first-order valence-electron chi connectivity index (χ1n) is 53.4. The second-order valence-electron chi connectivity index (χ2n) is 42.1. The van der Waals surface area contributed by atoms with Gasteiger partial charge in [-0.2, -0.15) is 38.5 Å². The lowest BCUT2D eigenvalue weighted by molar-refractivity contribution is 0.0698. The van der Waals surface area contributed by atoms with Crippen molar-refractivity contribution in [2.45, 2.75) is 264 Å². The number of anilines is 8. The first-order chi connectivity index (χ1) is 70.9. The lowest BCUT2D eigenvalue weighted by Crippen LogP contribution is -2.31. The number of hydrogen-bond donors (Lipinski definition) is 15. The van der Waals surface area contributed by atoms with Crippen molar-refractivity contribution in [3.8, 4) is 44.5 Å². The molecule has 5 saturated carbocycles. The van der Waals surface area contributed by atoms with Crippen LogP contribution in [0.3, 0.4) is 0 Å².